The van der Waals surface area contributed by atoms with Crippen molar-refractivity contribution in [1.29, 1.82) is 0 Å². The lowest BCUT2D eigenvalue weighted by Crippen LogP contribution is -2.33. The molecule has 1 atom stereocenters. The molecular weight excluding hydrogens is 176 g/mol. The lowest BCUT2D eigenvalue weighted by molar-refractivity contribution is 0.216. The molecule has 0 aliphatic heterocycles. The Hall–Kier alpha value is -1.06. The zero-order valence-electron chi connectivity index (χ0n) is 9.00. The van der Waals surface area contributed by atoms with Crippen molar-refractivity contribution in [2.45, 2.75) is 26.9 Å². The number of nitrogens with one attached hydrogen (secondary N) is 1. The topological polar surface area (TPSA) is 47.3 Å². The molecule has 14 heavy (non-hydrogen) atoms. The van der Waals surface area contributed by atoms with Crippen LogP contribution in [-0.2, 0) is 0 Å². The van der Waals surface area contributed by atoms with E-state index in [4.69, 9.17) is 10.6 Å². The first-order valence-corrected chi connectivity index (χ1v) is 4.81. The van der Waals surface area contributed by atoms with Gasteiger partial charge < -0.3 is 4.74 Å². The second kappa shape index (κ2) is 4.98. The molecule has 0 aromatic heterocycles. The Kier molecular flexibility index (Phi) is 3.92. The zero-order valence-corrected chi connectivity index (χ0v) is 9.00. The van der Waals surface area contributed by atoms with Crippen LogP contribution in [0.2, 0.25) is 0 Å². The van der Waals surface area contributed by atoms with Gasteiger partial charge in [0.15, 0.2) is 0 Å². The van der Waals surface area contributed by atoms with Crippen LogP contribution in [-0.4, -0.2) is 12.6 Å². The highest BCUT2D eigenvalue weighted by molar-refractivity contribution is 5.38. The molecular formula is C11H18N2O. The van der Waals surface area contributed by atoms with Crippen LogP contribution in [0.4, 0.5) is 0 Å². The van der Waals surface area contributed by atoms with E-state index in [1.807, 2.05) is 19.1 Å². The van der Waals surface area contributed by atoms with Gasteiger partial charge in [-0.05, 0) is 38.0 Å². The third-order valence-corrected chi connectivity index (χ3v) is 2.29. The summed E-state index contributed by atoms with van der Waals surface area (Å²) in [6.07, 6.45) is 0.0838. The fourth-order valence-corrected chi connectivity index (χ4v) is 1.28. The Morgan fingerprint density at radius 3 is 2.79 bits per heavy atom. The summed E-state index contributed by atoms with van der Waals surface area (Å²) in [5.41, 5.74) is 5.03. The van der Waals surface area contributed by atoms with E-state index in [1.165, 1.54) is 11.1 Å². The lowest BCUT2D eigenvalue weighted by atomic mass is 10.1. The van der Waals surface area contributed by atoms with Gasteiger partial charge in [0.1, 0.15) is 11.9 Å². The van der Waals surface area contributed by atoms with Crippen LogP contribution in [0.25, 0.3) is 0 Å². The second-order valence-electron chi connectivity index (χ2n) is 3.53. The molecule has 1 rings (SSSR count). The number of aryl methyl sites for hydroxylation is 1. The highest BCUT2D eigenvalue weighted by atomic mass is 16.5. The molecule has 0 saturated heterocycles. The number of benzene rings is 1. The van der Waals surface area contributed by atoms with Gasteiger partial charge in [0, 0.05) is 6.54 Å². The van der Waals surface area contributed by atoms with Crippen LogP contribution in [0.3, 0.4) is 0 Å². The van der Waals surface area contributed by atoms with Gasteiger partial charge in [-0.25, -0.2) is 0 Å². The van der Waals surface area contributed by atoms with Gasteiger partial charge in [-0.3, -0.25) is 11.3 Å². The maximum absolute atomic E-state index is 5.72. The highest BCUT2D eigenvalue weighted by Gasteiger charge is 2.06. The molecule has 3 nitrogen and oxygen atoms in total. The summed E-state index contributed by atoms with van der Waals surface area (Å²) in [4.78, 5) is 0. The number of hydrogen-bond donors (Lipinski definition) is 2. The number of nitrogens with two attached hydrogens (primary N) is 1. The summed E-state index contributed by atoms with van der Waals surface area (Å²) in [7, 11) is 0. The molecule has 0 fully saturated rings. The molecule has 1 unspecified atom stereocenters. The fraction of sp³-hybridized carbons (Fsp3) is 0.455. The smallest absolute Gasteiger partial charge is 0.122 e. The summed E-state index contributed by atoms with van der Waals surface area (Å²) < 4.78 is 5.72. The molecule has 3 N–H and O–H groups in total. The predicted molar refractivity (Wildman–Crippen MR) is 58.2 cm³/mol. The van der Waals surface area contributed by atoms with E-state index in [1.54, 1.807) is 0 Å². The molecule has 0 heterocycles. The largest absolute Gasteiger partial charge is 0.489 e. The van der Waals surface area contributed by atoms with Crippen molar-refractivity contribution in [2.24, 2.45) is 5.84 Å². The molecule has 0 radical (unpaired) electrons. The van der Waals surface area contributed by atoms with Gasteiger partial charge in [0.2, 0.25) is 0 Å². The summed E-state index contributed by atoms with van der Waals surface area (Å²) >= 11 is 0. The first kappa shape index (κ1) is 11.0. The SMILES string of the molecule is Cc1cccc(OC(C)CNN)c1C. The van der Waals surface area contributed by atoms with Gasteiger partial charge in [-0.15, -0.1) is 0 Å². The Morgan fingerprint density at radius 2 is 2.14 bits per heavy atom. The van der Waals surface area contributed by atoms with Crippen LogP contribution in [0.15, 0.2) is 18.2 Å². The average molecular weight is 194 g/mol. The minimum atomic E-state index is 0.0838. The summed E-state index contributed by atoms with van der Waals surface area (Å²) in [5, 5.41) is 0. The van der Waals surface area contributed by atoms with E-state index in [0.717, 1.165) is 5.75 Å². The van der Waals surface area contributed by atoms with E-state index in [-0.39, 0.29) is 6.10 Å². The Balaban J connectivity index is 2.71. The van der Waals surface area contributed by atoms with E-state index in [2.05, 4.69) is 25.3 Å². The Morgan fingerprint density at radius 1 is 1.43 bits per heavy atom. The van der Waals surface area contributed by atoms with E-state index < -0.39 is 0 Å². The number of hydrazine groups is 1. The zero-order chi connectivity index (χ0) is 10.6. The van der Waals surface area contributed by atoms with Gasteiger partial charge in [0.05, 0.1) is 0 Å². The standard InChI is InChI=1S/C11H18N2O/c1-8-5-4-6-11(10(8)3)14-9(2)7-13-12/h4-6,9,13H,7,12H2,1-3H3. The molecule has 0 aliphatic carbocycles. The van der Waals surface area contributed by atoms with Crippen molar-refractivity contribution in [3.8, 4) is 5.75 Å². The lowest BCUT2D eigenvalue weighted by Gasteiger charge is -2.16. The van der Waals surface area contributed by atoms with Crippen molar-refractivity contribution >= 4 is 0 Å². The van der Waals surface area contributed by atoms with Crippen LogP contribution in [0, 0.1) is 13.8 Å². The van der Waals surface area contributed by atoms with Crippen molar-refractivity contribution in [3.05, 3.63) is 29.3 Å². The third kappa shape index (κ3) is 2.72. The predicted octanol–water partition coefficient (Wildman–Crippen LogP) is 1.53. The Bertz CT molecular complexity index is 299. The van der Waals surface area contributed by atoms with E-state index in [9.17, 15) is 0 Å². The van der Waals surface area contributed by atoms with Crippen molar-refractivity contribution in [1.82, 2.24) is 5.43 Å². The summed E-state index contributed by atoms with van der Waals surface area (Å²) in [6, 6.07) is 6.06. The van der Waals surface area contributed by atoms with E-state index in [0.29, 0.717) is 6.54 Å². The number of rotatable bonds is 4. The minimum Gasteiger partial charge on any atom is -0.489 e. The second-order valence-corrected chi connectivity index (χ2v) is 3.53. The highest BCUT2D eigenvalue weighted by Crippen LogP contribution is 2.21. The summed E-state index contributed by atoms with van der Waals surface area (Å²) in [5.74, 6) is 6.16. The summed E-state index contributed by atoms with van der Waals surface area (Å²) in [6.45, 7) is 6.77. The first-order chi connectivity index (χ1) is 6.65. The quantitative estimate of drug-likeness (QED) is 0.564. The molecule has 0 aliphatic rings. The molecule has 0 spiro atoms. The molecule has 0 amide bonds. The van der Waals surface area contributed by atoms with E-state index >= 15 is 0 Å². The van der Waals surface area contributed by atoms with Crippen LogP contribution in [0.5, 0.6) is 5.75 Å². The van der Waals surface area contributed by atoms with Crippen molar-refractivity contribution < 1.29 is 4.74 Å². The third-order valence-electron chi connectivity index (χ3n) is 2.29. The number of ether oxygens (including phenoxy) is 1. The molecule has 0 bridgehead atoms. The van der Waals surface area contributed by atoms with Gasteiger partial charge in [0.25, 0.3) is 0 Å². The Labute approximate surface area is 85.2 Å². The minimum absolute atomic E-state index is 0.0838. The van der Waals surface area contributed by atoms with Crippen molar-refractivity contribution in [3.63, 3.8) is 0 Å². The van der Waals surface area contributed by atoms with Crippen LogP contribution in [0.1, 0.15) is 18.1 Å². The first-order valence-electron chi connectivity index (χ1n) is 4.81. The number of hydrogen-bond acceptors (Lipinski definition) is 3. The van der Waals surface area contributed by atoms with Gasteiger partial charge in [-0.1, -0.05) is 12.1 Å². The van der Waals surface area contributed by atoms with Crippen LogP contribution >= 0.6 is 0 Å². The van der Waals surface area contributed by atoms with Crippen molar-refractivity contribution in [2.75, 3.05) is 6.54 Å². The molecule has 1 aromatic rings. The monoisotopic (exact) mass is 194 g/mol. The van der Waals surface area contributed by atoms with Gasteiger partial charge in [-0.2, -0.15) is 0 Å². The van der Waals surface area contributed by atoms with Gasteiger partial charge >= 0.3 is 0 Å². The molecule has 3 heteroatoms. The molecule has 78 valence electrons. The molecule has 0 saturated carbocycles. The van der Waals surface area contributed by atoms with Crippen LogP contribution < -0.4 is 16.0 Å². The molecule has 1 aromatic carbocycles. The maximum Gasteiger partial charge on any atom is 0.122 e. The fourth-order valence-electron chi connectivity index (χ4n) is 1.28. The average Bonchev–Trinajstić information content (AvgIpc) is 2.13. The normalized spacial score (nSPS) is 12.6. The maximum atomic E-state index is 5.72.